The summed E-state index contributed by atoms with van der Waals surface area (Å²) in [6.45, 7) is 4.82. The van der Waals surface area contributed by atoms with Crippen LogP contribution in [0.15, 0.2) is 0 Å². The van der Waals surface area contributed by atoms with Gasteiger partial charge in [-0.2, -0.15) is 0 Å². The Kier molecular flexibility index (Phi) is 4.00. The molecule has 2 saturated heterocycles. The van der Waals surface area contributed by atoms with Crippen molar-refractivity contribution in [2.75, 3.05) is 33.2 Å². The van der Waals surface area contributed by atoms with E-state index in [2.05, 4.69) is 17.3 Å². The van der Waals surface area contributed by atoms with Gasteiger partial charge in [-0.3, -0.25) is 0 Å². The summed E-state index contributed by atoms with van der Waals surface area (Å²) in [7, 11) is 2.21. The van der Waals surface area contributed by atoms with Crippen LogP contribution in [-0.4, -0.2) is 44.2 Å². The van der Waals surface area contributed by atoms with E-state index in [4.69, 9.17) is 5.73 Å². The Morgan fingerprint density at radius 3 is 2.20 bits per heavy atom. The van der Waals surface area contributed by atoms with E-state index < -0.39 is 0 Å². The van der Waals surface area contributed by atoms with Crippen molar-refractivity contribution in [3.8, 4) is 0 Å². The predicted molar refractivity (Wildman–Crippen MR) is 63.8 cm³/mol. The van der Waals surface area contributed by atoms with Gasteiger partial charge in [0.1, 0.15) is 0 Å². The number of nitrogens with two attached hydrogens (primary N) is 1. The Morgan fingerprint density at radius 2 is 1.60 bits per heavy atom. The van der Waals surface area contributed by atoms with Gasteiger partial charge in [-0.25, -0.2) is 0 Å². The van der Waals surface area contributed by atoms with E-state index in [9.17, 15) is 0 Å². The Morgan fingerprint density at radius 1 is 1.07 bits per heavy atom. The highest BCUT2D eigenvalue weighted by molar-refractivity contribution is 4.86. The molecule has 3 N–H and O–H groups in total. The average molecular weight is 211 g/mol. The highest BCUT2D eigenvalue weighted by Gasteiger charge is 2.29. The minimum Gasteiger partial charge on any atom is -0.327 e. The highest BCUT2D eigenvalue weighted by atomic mass is 15.1. The third-order valence-electron chi connectivity index (χ3n) is 4.24. The monoisotopic (exact) mass is 211 g/mol. The van der Waals surface area contributed by atoms with E-state index in [0.717, 1.165) is 11.8 Å². The van der Waals surface area contributed by atoms with Crippen molar-refractivity contribution in [2.45, 2.75) is 31.7 Å². The molecule has 3 nitrogen and oxygen atoms in total. The lowest BCUT2D eigenvalue weighted by Gasteiger charge is -2.37. The molecule has 2 rings (SSSR count). The van der Waals surface area contributed by atoms with Gasteiger partial charge in [0.05, 0.1) is 0 Å². The quantitative estimate of drug-likeness (QED) is 0.705. The van der Waals surface area contributed by atoms with Crippen LogP contribution in [0.25, 0.3) is 0 Å². The van der Waals surface area contributed by atoms with Crippen LogP contribution < -0.4 is 11.1 Å². The Bertz CT molecular complexity index is 181. The van der Waals surface area contributed by atoms with Crippen LogP contribution in [0.2, 0.25) is 0 Å². The Labute approximate surface area is 93.4 Å². The van der Waals surface area contributed by atoms with Gasteiger partial charge in [-0.15, -0.1) is 0 Å². The molecule has 0 aromatic heterocycles. The van der Waals surface area contributed by atoms with Crippen LogP contribution in [0.3, 0.4) is 0 Å². The summed E-state index contributed by atoms with van der Waals surface area (Å²) in [6, 6.07) is 0.459. The third-order valence-corrected chi connectivity index (χ3v) is 4.24. The lowest BCUT2D eigenvalue weighted by molar-refractivity contribution is 0.160. The summed E-state index contributed by atoms with van der Waals surface area (Å²) in [4.78, 5) is 2.42. The SMILES string of the molecule is CN1CCC(C(N)C2CCNCC2)CC1. The number of rotatable bonds is 2. The number of likely N-dealkylation sites (tertiary alicyclic amines) is 1. The summed E-state index contributed by atoms with van der Waals surface area (Å²) in [5.74, 6) is 1.56. The molecule has 0 spiro atoms. The highest BCUT2D eigenvalue weighted by Crippen LogP contribution is 2.27. The van der Waals surface area contributed by atoms with Gasteiger partial charge >= 0.3 is 0 Å². The largest absolute Gasteiger partial charge is 0.327 e. The Balaban J connectivity index is 1.81. The molecule has 0 aliphatic carbocycles. The maximum atomic E-state index is 6.42. The number of nitrogens with one attached hydrogen (secondary N) is 1. The van der Waals surface area contributed by atoms with Gasteiger partial charge in [0.25, 0.3) is 0 Å². The molecule has 1 atom stereocenters. The molecule has 0 amide bonds. The molecule has 0 radical (unpaired) electrons. The standard InChI is InChI=1S/C12H25N3/c1-15-8-4-11(5-9-15)12(13)10-2-6-14-7-3-10/h10-12,14H,2-9,13H2,1H3. The molecule has 0 aromatic rings. The van der Waals surface area contributed by atoms with E-state index in [1.54, 1.807) is 0 Å². The molecule has 1 unspecified atom stereocenters. The van der Waals surface area contributed by atoms with Crippen LogP contribution in [0.1, 0.15) is 25.7 Å². The average Bonchev–Trinajstić information content (AvgIpc) is 2.30. The summed E-state index contributed by atoms with van der Waals surface area (Å²) >= 11 is 0. The molecule has 2 aliphatic heterocycles. The molecular formula is C12H25N3. The normalized spacial score (nSPS) is 29.2. The second kappa shape index (κ2) is 5.28. The van der Waals surface area contributed by atoms with E-state index in [1.807, 2.05) is 0 Å². The molecule has 2 heterocycles. The molecular weight excluding hydrogens is 186 g/mol. The molecule has 3 heteroatoms. The van der Waals surface area contributed by atoms with Gasteiger partial charge in [-0.05, 0) is 70.7 Å². The minimum atomic E-state index is 0.459. The number of piperidine rings is 2. The van der Waals surface area contributed by atoms with Crippen LogP contribution >= 0.6 is 0 Å². The number of hydrogen-bond acceptors (Lipinski definition) is 3. The predicted octanol–water partition coefficient (Wildman–Crippen LogP) is 0.655. The smallest absolute Gasteiger partial charge is 0.00975 e. The van der Waals surface area contributed by atoms with Crippen molar-refractivity contribution in [3.05, 3.63) is 0 Å². The Hall–Kier alpha value is -0.120. The fourth-order valence-electron chi connectivity index (χ4n) is 3.03. The maximum absolute atomic E-state index is 6.42. The van der Waals surface area contributed by atoms with E-state index in [0.29, 0.717) is 6.04 Å². The summed E-state index contributed by atoms with van der Waals surface area (Å²) in [5.41, 5.74) is 6.42. The molecule has 0 saturated carbocycles. The number of nitrogens with zero attached hydrogens (tertiary/aromatic N) is 1. The fourth-order valence-corrected chi connectivity index (χ4v) is 3.03. The van der Waals surface area contributed by atoms with Crippen molar-refractivity contribution in [1.29, 1.82) is 0 Å². The van der Waals surface area contributed by atoms with Gasteiger partial charge in [-0.1, -0.05) is 0 Å². The van der Waals surface area contributed by atoms with Crippen molar-refractivity contribution in [1.82, 2.24) is 10.2 Å². The second-order valence-electron chi connectivity index (χ2n) is 5.31. The van der Waals surface area contributed by atoms with Crippen LogP contribution in [0.4, 0.5) is 0 Å². The van der Waals surface area contributed by atoms with Gasteiger partial charge in [0.2, 0.25) is 0 Å². The van der Waals surface area contributed by atoms with Gasteiger partial charge in [0, 0.05) is 6.04 Å². The van der Waals surface area contributed by atoms with Crippen LogP contribution in [0, 0.1) is 11.8 Å². The minimum absolute atomic E-state index is 0.459. The molecule has 15 heavy (non-hydrogen) atoms. The molecule has 2 fully saturated rings. The summed E-state index contributed by atoms with van der Waals surface area (Å²) in [6.07, 6.45) is 5.18. The van der Waals surface area contributed by atoms with Crippen molar-refractivity contribution in [3.63, 3.8) is 0 Å². The molecule has 2 aliphatic rings. The topological polar surface area (TPSA) is 41.3 Å². The zero-order valence-corrected chi connectivity index (χ0v) is 9.91. The summed E-state index contributed by atoms with van der Waals surface area (Å²) < 4.78 is 0. The first-order valence-corrected chi connectivity index (χ1v) is 6.42. The zero-order valence-electron chi connectivity index (χ0n) is 9.91. The first kappa shape index (κ1) is 11.4. The molecule has 0 aromatic carbocycles. The van der Waals surface area contributed by atoms with Crippen molar-refractivity contribution in [2.24, 2.45) is 17.6 Å². The zero-order chi connectivity index (χ0) is 10.7. The number of hydrogen-bond donors (Lipinski definition) is 2. The maximum Gasteiger partial charge on any atom is 0.00975 e. The van der Waals surface area contributed by atoms with Crippen molar-refractivity contribution >= 4 is 0 Å². The molecule has 88 valence electrons. The fraction of sp³-hybridized carbons (Fsp3) is 1.00. The molecule has 0 bridgehead atoms. The van der Waals surface area contributed by atoms with Crippen LogP contribution in [0.5, 0.6) is 0 Å². The van der Waals surface area contributed by atoms with E-state index in [-0.39, 0.29) is 0 Å². The van der Waals surface area contributed by atoms with Crippen molar-refractivity contribution < 1.29 is 0 Å². The third kappa shape index (κ3) is 2.92. The summed E-state index contributed by atoms with van der Waals surface area (Å²) in [5, 5.41) is 3.42. The van der Waals surface area contributed by atoms with Gasteiger partial charge < -0.3 is 16.0 Å². The van der Waals surface area contributed by atoms with E-state index >= 15 is 0 Å². The second-order valence-corrected chi connectivity index (χ2v) is 5.31. The first-order valence-electron chi connectivity index (χ1n) is 6.42. The lowest BCUT2D eigenvalue weighted by atomic mass is 9.79. The first-order chi connectivity index (χ1) is 7.27. The lowest BCUT2D eigenvalue weighted by Crippen LogP contribution is -2.46. The van der Waals surface area contributed by atoms with Crippen LogP contribution in [-0.2, 0) is 0 Å². The van der Waals surface area contributed by atoms with Gasteiger partial charge in [0.15, 0.2) is 0 Å². The van der Waals surface area contributed by atoms with E-state index in [1.165, 1.54) is 51.9 Å².